The van der Waals surface area contributed by atoms with Gasteiger partial charge in [-0.2, -0.15) is 0 Å². The number of amides is 7. The predicted octanol–water partition coefficient (Wildman–Crippen LogP) is 2.45. The molecule has 0 unspecified atom stereocenters. The molecule has 78 heavy (non-hydrogen) atoms. The van der Waals surface area contributed by atoms with E-state index in [0.29, 0.717) is 11.1 Å². The fourth-order valence-electron chi connectivity index (χ4n) is 8.80. The first-order chi connectivity index (χ1) is 36.9. The predicted molar refractivity (Wildman–Crippen MR) is 292 cm³/mol. The maximum absolute atomic E-state index is 13.9. The van der Waals surface area contributed by atoms with E-state index < -0.39 is 134 Å². The van der Waals surface area contributed by atoms with Crippen LogP contribution in [0.25, 0.3) is 0 Å². The lowest BCUT2D eigenvalue weighted by atomic mass is 9.97. The number of unbranched alkanes of at least 4 members (excludes halogenated alkanes) is 4. The Labute approximate surface area is 458 Å². The molecule has 0 spiro atoms. The molecule has 0 radical (unpaired) electrons. The highest BCUT2D eigenvalue weighted by Crippen LogP contribution is 2.21. The summed E-state index contributed by atoms with van der Waals surface area (Å²) in [5.74, 6) is -6.89. The molecule has 2 aromatic rings. The number of hydrogen-bond donors (Lipinski definition) is 10. The standard InChI is InChI=1S/C57H85N7O14/c1-10-11-12-13-14-15-16-17-47(70)59-42(28-37-18-23-40(66)24-19-37)45(68)30-48(71)62-52(35(4)5)55(75)60-43(32-65)46(69)31-49(72)61-51(34(2)3)54(74)58-39-22-27-50(73)64(9)53(36(6)7)56(76)63(8)44(57(77)78-33-39)29-38-20-25-41(67)26-21-38/h15-16,18-27,34-36,39,42-46,51-53,65-69H,10-14,17,28-33H2,1-9H3,(H,58,74)(H,59,70)(H,60,75)(H,61,72)(H,62,71)/b16-15-,27-22+/t39-,42+,43+,44+,45+,46+,51+,52+,53+/m1/s1. The van der Waals surface area contributed by atoms with Crippen molar-refractivity contribution >= 4 is 47.3 Å². The highest BCUT2D eigenvalue weighted by Gasteiger charge is 2.38. The number of ether oxygens (including phenoxy) is 1. The molecule has 1 aliphatic heterocycles. The molecule has 21 nitrogen and oxygen atoms in total. The number of aromatic hydroxyl groups is 2. The minimum absolute atomic E-state index is 0.000734. The first-order valence-corrected chi connectivity index (χ1v) is 26.9. The topological polar surface area (TPSA) is 314 Å². The largest absolute Gasteiger partial charge is 0.508 e. The molecule has 1 heterocycles. The van der Waals surface area contributed by atoms with Gasteiger partial charge in [-0.05, 0) is 72.4 Å². The van der Waals surface area contributed by atoms with Crippen LogP contribution in [-0.4, -0.2) is 164 Å². The number of carbonyl (C=O) groups excluding carboxylic acids is 8. The average Bonchev–Trinajstić information content (AvgIpc) is 3.39. The van der Waals surface area contributed by atoms with Gasteiger partial charge in [-0.15, -0.1) is 0 Å². The number of nitrogens with zero attached hydrogens (tertiary/aromatic N) is 2. The average molecular weight is 1090 g/mol. The minimum atomic E-state index is -1.70. The van der Waals surface area contributed by atoms with Crippen molar-refractivity contribution in [2.45, 2.75) is 167 Å². The molecule has 10 N–H and O–H groups in total. The number of benzene rings is 2. The maximum atomic E-state index is 13.9. The molecule has 0 fully saturated rings. The van der Waals surface area contributed by atoms with E-state index in [-0.39, 0.29) is 42.6 Å². The summed E-state index contributed by atoms with van der Waals surface area (Å²) in [6.07, 6.45) is 7.14. The third-order valence-electron chi connectivity index (χ3n) is 13.5. The van der Waals surface area contributed by atoms with Gasteiger partial charge in [0.15, 0.2) is 0 Å². The van der Waals surface area contributed by atoms with Crippen LogP contribution in [0.15, 0.2) is 72.8 Å². The zero-order chi connectivity index (χ0) is 58.2. The van der Waals surface area contributed by atoms with Gasteiger partial charge in [-0.25, -0.2) is 4.79 Å². The second kappa shape index (κ2) is 32.8. The van der Waals surface area contributed by atoms with Gasteiger partial charge in [0, 0.05) is 33.0 Å². The molecule has 0 saturated carbocycles. The Kier molecular flexibility index (Phi) is 27.5. The van der Waals surface area contributed by atoms with E-state index in [2.05, 4.69) is 33.5 Å². The number of likely N-dealkylation sites (N-methyl/N-ethyl adjacent to an activating group) is 2. The lowest BCUT2D eigenvalue weighted by molar-refractivity contribution is -0.157. The van der Waals surface area contributed by atoms with Crippen LogP contribution in [0, 0.1) is 17.8 Å². The normalized spacial score (nSPS) is 19.2. The Balaban J connectivity index is 1.70. The SMILES string of the molecule is CCCCCC/C=C\CC(=O)N[C@@H](Cc1ccc(O)cc1)[C@@H](O)CC(=O)N[C@H](C(=O)N[C@@H](CO)[C@@H](O)CC(=O)N[C@H](C(=O)N[C@@H]1/C=C/C(=O)N(C)[C@@H](C(C)C)C(=O)N(C)[C@@H](Cc2ccc(O)cc2)C(=O)OC1)C(C)C)C(C)C. The molecule has 1 aliphatic rings. The van der Waals surface area contributed by atoms with E-state index in [1.54, 1.807) is 71.9 Å². The van der Waals surface area contributed by atoms with Gasteiger partial charge in [0.25, 0.3) is 0 Å². The molecule has 0 aromatic heterocycles. The number of hydrogen-bond acceptors (Lipinski definition) is 14. The summed E-state index contributed by atoms with van der Waals surface area (Å²) in [4.78, 5) is 111. The van der Waals surface area contributed by atoms with E-state index >= 15 is 0 Å². The van der Waals surface area contributed by atoms with Crippen molar-refractivity contribution in [1.29, 1.82) is 0 Å². The molecule has 2 aromatic carbocycles. The Hall–Kier alpha value is -6.84. The molecule has 7 amide bonds. The number of aliphatic hydroxyl groups excluding tert-OH is 3. The second-order valence-corrected chi connectivity index (χ2v) is 21.1. The van der Waals surface area contributed by atoms with Crippen molar-refractivity contribution in [2.24, 2.45) is 17.8 Å². The van der Waals surface area contributed by atoms with Gasteiger partial charge in [0.2, 0.25) is 41.4 Å². The van der Waals surface area contributed by atoms with Gasteiger partial charge in [-0.3, -0.25) is 33.6 Å². The molecule has 21 heteroatoms. The Bertz CT molecular complexity index is 2340. The molecular weight excluding hydrogens is 1010 g/mol. The fraction of sp³-hybridized carbons (Fsp3) is 0.579. The van der Waals surface area contributed by atoms with Crippen molar-refractivity contribution < 1.29 is 68.6 Å². The Morgan fingerprint density at radius 3 is 1.78 bits per heavy atom. The van der Waals surface area contributed by atoms with Crippen LogP contribution in [0.2, 0.25) is 0 Å². The van der Waals surface area contributed by atoms with Gasteiger partial charge in [0.1, 0.15) is 42.3 Å². The second-order valence-electron chi connectivity index (χ2n) is 21.1. The molecule has 0 saturated heterocycles. The number of nitrogens with one attached hydrogen (secondary N) is 5. The first kappa shape index (κ1) is 65.4. The van der Waals surface area contributed by atoms with Crippen molar-refractivity contribution in [2.75, 3.05) is 27.3 Å². The molecular formula is C57H85N7O14. The van der Waals surface area contributed by atoms with E-state index in [1.807, 2.05) is 6.08 Å². The summed E-state index contributed by atoms with van der Waals surface area (Å²) in [5, 5.41) is 65.6. The summed E-state index contributed by atoms with van der Waals surface area (Å²) >= 11 is 0. The summed E-state index contributed by atoms with van der Waals surface area (Å²) in [5.41, 5.74) is 1.27. The Morgan fingerprint density at radius 1 is 0.692 bits per heavy atom. The third-order valence-corrected chi connectivity index (χ3v) is 13.5. The highest BCUT2D eigenvalue weighted by atomic mass is 16.5. The number of allylic oxidation sites excluding steroid dienone is 1. The maximum Gasteiger partial charge on any atom is 0.329 e. The summed E-state index contributed by atoms with van der Waals surface area (Å²) < 4.78 is 5.69. The number of cyclic esters (lactones) is 1. The number of phenols is 2. The molecule has 432 valence electrons. The van der Waals surface area contributed by atoms with Crippen LogP contribution >= 0.6 is 0 Å². The minimum Gasteiger partial charge on any atom is -0.508 e. The smallest absolute Gasteiger partial charge is 0.329 e. The Morgan fingerprint density at radius 2 is 1.24 bits per heavy atom. The lowest BCUT2D eigenvalue weighted by Gasteiger charge is -2.36. The van der Waals surface area contributed by atoms with Crippen molar-refractivity contribution in [3.63, 3.8) is 0 Å². The van der Waals surface area contributed by atoms with Gasteiger partial charge < -0.3 is 66.7 Å². The van der Waals surface area contributed by atoms with Gasteiger partial charge >= 0.3 is 5.97 Å². The van der Waals surface area contributed by atoms with Crippen molar-refractivity contribution in [1.82, 2.24) is 36.4 Å². The van der Waals surface area contributed by atoms with E-state index in [0.717, 1.165) is 38.2 Å². The molecule has 3 rings (SSSR count). The van der Waals surface area contributed by atoms with E-state index in [4.69, 9.17) is 4.74 Å². The van der Waals surface area contributed by atoms with Crippen LogP contribution < -0.4 is 26.6 Å². The molecule has 0 bridgehead atoms. The number of aliphatic hydroxyl groups is 3. The van der Waals surface area contributed by atoms with Crippen molar-refractivity contribution in [3.05, 3.63) is 84.0 Å². The summed E-state index contributed by atoms with van der Waals surface area (Å²) in [7, 11) is 2.89. The molecule has 9 atom stereocenters. The van der Waals surface area contributed by atoms with Crippen LogP contribution in [0.3, 0.4) is 0 Å². The third kappa shape index (κ3) is 21.5. The fourth-order valence-corrected chi connectivity index (χ4v) is 8.80. The van der Waals surface area contributed by atoms with Gasteiger partial charge in [0.05, 0.1) is 49.8 Å². The van der Waals surface area contributed by atoms with Crippen LogP contribution in [0.5, 0.6) is 11.5 Å². The number of phenolic OH excluding ortho intramolecular Hbond substituents is 2. The first-order valence-electron chi connectivity index (χ1n) is 26.9. The van der Waals surface area contributed by atoms with Crippen molar-refractivity contribution in [3.8, 4) is 11.5 Å². The number of rotatable bonds is 28. The van der Waals surface area contributed by atoms with E-state index in [9.17, 15) is 63.9 Å². The molecule has 0 aliphatic carbocycles. The van der Waals surface area contributed by atoms with Crippen LogP contribution in [0.1, 0.15) is 111 Å². The summed E-state index contributed by atoms with van der Waals surface area (Å²) in [6, 6.07) is 4.12. The monoisotopic (exact) mass is 1090 g/mol. The zero-order valence-corrected chi connectivity index (χ0v) is 46.6. The zero-order valence-electron chi connectivity index (χ0n) is 46.6. The van der Waals surface area contributed by atoms with Crippen LogP contribution in [-0.2, 0) is 55.9 Å². The van der Waals surface area contributed by atoms with Gasteiger partial charge in [-0.1, -0.05) is 110 Å². The quantitative estimate of drug-likeness (QED) is 0.0333. The summed E-state index contributed by atoms with van der Waals surface area (Å²) in [6.45, 7) is 10.9. The number of esters is 1. The number of carbonyl (C=O) groups is 8. The lowest BCUT2D eigenvalue weighted by Crippen LogP contribution is -2.57. The highest BCUT2D eigenvalue weighted by molar-refractivity contribution is 5.95. The van der Waals surface area contributed by atoms with E-state index in [1.165, 1.54) is 54.2 Å². The van der Waals surface area contributed by atoms with Crippen LogP contribution in [0.4, 0.5) is 0 Å².